The van der Waals surface area contributed by atoms with Gasteiger partial charge in [0.05, 0.1) is 0 Å². The van der Waals surface area contributed by atoms with Gasteiger partial charge in [-0.05, 0) is 41.8 Å². The summed E-state index contributed by atoms with van der Waals surface area (Å²) in [6, 6.07) is 13.0. The van der Waals surface area contributed by atoms with Crippen molar-refractivity contribution in [3.05, 3.63) is 52.7 Å². The minimum absolute atomic E-state index is 0.128. The van der Waals surface area contributed by atoms with E-state index in [9.17, 15) is 9.59 Å². The SMILES string of the molecule is CCN(CC)C(=O)COC(=O)/C(=C/c1cccs1)n1nnnc1-c1ccccc1. The van der Waals surface area contributed by atoms with Gasteiger partial charge in [-0.2, -0.15) is 4.68 Å². The van der Waals surface area contributed by atoms with Crippen LogP contribution in [0.2, 0.25) is 0 Å². The summed E-state index contributed by atoms with van der Waals surface area (Å²) in [6.45, 7) is 4.51. The number of thiophene rings is 1. The van der Waals surface area contributed by atoms with Crippen molar-refractivity contribution in [2.45, 2.75) is 13.8 Å². The van der Waals surface area contributed by atoms with Gasteiger partial charge in [0, 0.05) is 23.5 Å². The van der Waals surface area contributed by atoms with Crippen LogP contribution in [0.4, 0.5) is 0 Å². The number of nitrogens with zero attached hydrogens (tertiary/aromatic N) is 5. The largest absolute Gasteiger partial charge is 0.451 e. The topological polar surface area (TPSA) is 90.2 Å². The maximum Gasteiger partial charge on any atom is 0.357 e. The lowest BCUT2D eigenvalue weighted by atomic mass is 10.2. The summed E-state index contributed by atoms with van der Waals surface area (Å²) in [7, 11) is 0. The van der Waals surface area contributed by atoms with Crippen LogP contribution in [0.1, 0.15) is 18.7 Å². The number of carbonyl (C=O) groups excluding carboxylic acids is 2. The first-order valence-corrected chi connectivity index (χ1v) is 10.1. The van der Waals surface area contributed by atoms with Crippen molar-refractivity contribution >= 4 is 35.0 Å². The summed E-state index contributed by atoms with van der Waals surface area (Å²) in [5, 5.41) is 13.7. The van der Waals surface area contributed by atoms with Crippen molar-refractivity contribution in [1.29, 1.82) is 0 Å². The van der Waals surface area contributed by atoms with Crippen LogP contribution >= 0.6 is 11.3 Å². The zero-order chi connectivity index (χ0) is 20.6. The number of tetrazole rings is 1. The molecule has 3 rings (SSSR count). The fourth-order valence-electron chi connectivity index (χ4n) is 2.70. The molecule has 29 heavy (non-hydrogen) atoms. The molecule has 0 bridgehead atoms. The number of rotatable bonds is 8. The Hall–Kier alpha value is -3.33. The molecule has 0 N–H and O–H groups in total. The lowest BCUT2D eigenvalue weighted by Crippen LogP contribution is -2.34. The molecule has 0 aliphatic rings. The Balaban J connectivity index is 1.91. The predicted molar refractivity (Wildman–Crippen MR) is 111 cm³/mol. The van der Waals surface area contributed by atoms with Gasteiger partial charge >= 0.3 is 5.97 Å². The van der Waals surface area contributed by atoms with Crippen molar-refractivity contribution in [2.75, 3.05) is 19.7 Å². The number of ether oxygens (including phenoxy) is 1. The molecule has 150 valence electrons. The highest BCUT2D eigenvalue weighted by atomic mass is 32.1. The molecule has 1 aromatic carbocycles. The quantitative estimate of drug-likeness (QED) is 0.418. The average Bonchev–Trinajstić information content (AvgIpc) is 3.43. The summed E-state index contributed by atoms with van der Waals surface area (Å²) in [5.74, 6) is -0.525. The Kier molecular flexibility index (Phi) is 6.85. The summed E-state index contributed by atoms with van der Waals surface area (Å²) < 4.78 is 6.64. The van der Waals surface area contributed by atoms with E-state index in [1.165, 1.54) is 16.0 Å². The van der Waals surface area contributed by atoms with E-state index >= 15 is 0 Å². The maximum atomic E-state index is 12.9. The monoisotopic (exact) mass is 411 g/mol. The third kappa shape index (κ3) is 4.94. The molecule has 9 heteroatoms. The Morgan fingerprint density at radius 3 is 2.55 bits per heavy atom. The van der Waals surface area contributed by atoms with Crippen LogP contribution in [0.3, 0.4) is 0 Å². The van der Waals surface area contributed by atoms with Crippen LogP contribution in [0.5, 0.6) is 0 Å². The Bertz CT molecular complexity index is 979. The number of aromatic nitrogens is 4. The molecule has 3 aromatic rings. The molecule has 0 atom stereocenters. The fraction of sp³-hybridized carbons (Fsp3) is 0.250. The molecule has 2 heterocycles. The minimum Gasteiger partial charge on any atom is -0.451 e. The predicted octanol–water partition coefficient (Wildman–Crippen LogP) is 2.81. The smallest absolute Gasteiger partial charge is 0.357 e. The molecule has 0 saturated heterocycles. The molecule has 0 fully saturated rings. The van der Waals surface area contributed by atoms with Gasteiger partial charge in [0.1, 0.15) is 0 Å². The van der Waals surface area contributed by atoms with Crippen LogP contribution in [-0.4, -0.2) is 56.7 Å². The number of benzene rings is 1. The molecular formula is C20H21N5O3S. The van der Waals surface area contributed by atoms with Gasteiger partial charge in [-0.1, -0.05) is 36.4 Å². The number of carbonyl (C=O) groups is 2. The zero-order valence-corrected chi connectivity index (χ0v) is 17.0. The Labute approximate surface area is 172 Å². The first-order valence-electron chi connectivity index (χ1n) is 9.18. The molecule has 0 saturated carbocycles. The molecule has 0 aliphatic heterocycles. The Morgan fingerprint density at radius 1 is 1.14 bits per heavy atom. The second-order valence-corrected chi connectivity index (χ2v) is 6.95. The summed E-state index contributed by atoms with van der Waals surface area (Å²) >= 11 is 1.46. The first-order chi connectivity index (χ1) is 14.1. The van der Waals surface area contributed by atoms with E-state index in [2.05, 4.69) is 15.5 Å². The second-order valence-electron chi connectivity index (χ2n) is 5.97. The lowest BCUT2D eigenvalue weighted by molar-refractivity contribution is -0.147. The van der Waals surface area contributed by atoms with Gasteiger partial charge in [-0.25, -0.2) is 4.79 Å². The van der Waals surface area contributed by atoms with Gasteiger partial charge in [-0.3, -0.25) is 4.79 Å². The normalized spacial score (nSPS) is 11.3. The van der Waals surface area contributed by atoms with Crippen molar-refractivity contribution < 1.29 is 14.3 Å². The van der Waals surface area contributed by atoms with Gasteiger partial charge in [-0.15, -0.1) is 16.4 Å². The molecular weight excluding hydrogens is 390 g/mol. The Morgan fingerprint density at radius 2 is 1.90 bits per heavy atom. The molecule has 0 aliphatic carbocycles. The van der Waals surface area contributed by atoms with E-state index < -0.39 is 5.97 Å². The number of esters is 1. The van der Waals surface area contributed by atoms with Crippen molar-refractivity contribution in [3.63, 3.8) is 0 Å². The second kappa shape index (κ2) is 9.74. The lowest BCUT2D eigenvalue weighted by Gasteiger charge is -2.18. The van der Waals surface area contributed by atoms with Crippen LogP contribution in [-0.2, 0) is 14.3 Å². The van der Waals surface area contributed by atoms with E-state index in [-0.39, 0.29) is 18.2 Å². The van der Waals surface area contributed by atoms with E-state index in [0.717, 1.165) is 10.4 Å². The highest BCUT2D eigenvalue weighted by molar-refractivity contribution is 7.10. The van der Waals surface area contributed by atoms with E-state index in [4.69, 9.17) is 4.74 Å². The van der Waals surface area contributed by atoms with Crippen molar-refractivity contribution in [1.82, 2.24) is 25.1 Å². The minimum atomic E-state index is -0.677. The molecule has 0 radical (unpaired) electrons. The summed E-state index contributed by atoms with van der Waals surface area (Å²) in [4.78, 5) is 27.5. The highest BCUT2D eigenvalue weighted by Gasteiger charge is 2.22. The van der Waals surface area contributed by atoms with Crippen molar-refractivity contribution in [2.24, 2.45) is 0 Å². The molecule has 0 unspecified atom stereocenters. The van der Waals surface area contributed by atoms with E-state index in [1.54, 1.807) is 11.0 Å². The van der Waals surface area contributed by atoms with Crippen LogP contribution < -0.4 is 0 Å². The average molecular weight is 411 g/mol. The molecule has 1 amide bonds. The van der Waals surface area contributed by atoms with E-state index in [0.29, 0.717) is 18.9 Å². The van der Waals surface area contributed by atoms with Gasteiger partial charge in [0.15, 0.2) is 18.1 Å². The third-order valence-corrected chi connectivity index (χ3v) is 5.02. The zero-order valence-electron chi connectivity index (χ0n) is 16.2. The number of hydrogen-bond acceptors (Lipinski definition) is 7. The summed E-state index contributed by atoms with van der Waals surface area (Å²) in [5.41, 5.74) is 0.880. The molecule has 8 nitrogen and oxygen atoms in total. The van der Waals surface area contributed by atoms with Gasteiger partial charge < -0.3 is 9.64 Å². The molecule has 2 aromatic heterocycles. The molecule has 0 spiro atoms. The van der Waals surface area contributed by atoms with Gasteiger partial charge in [0.25, 0.3) is 5.91 Å². The standard InChI is InChI=1S/C20H21N5O3S/c1-3-24(4-2)18(26)14-28-20(27)17(13-16-11-8-12-29-16)25-19(21-22-23-25)15-9-6-5-7-10-15/h5-13H,3-4,14H2,1-2H3/b17-13-. The maximum absolute atomic E-state index is 12.9. The number of amides is 1. The number of likely N-dealkylation sites (N-methyl/N-ethyl adjacent to an activating group) is 1. The number of hydrogen-bond donors (Lipinski definition) is 0. The first kappa shape index (κ1) is 20.4. The van der Waals surface area contributed by atoms with E-state index in [1.807, 2.05) is 61.7 Å². The van der Waals surface area contributed by atoms with Gasteiger partial charge in [0.2, 0.25) is 0 Å². The van der Waals surface area contributed by atoms with Crippen LogP contribution in [0, 0.1) is 0 Å². The fourth-order valence-corrected chi connectivity index (χ4v) is 3.35. The van der Waals surface area contributed by atoms with Crippen LogP contribution in [0.25, 0.3) is 23.2 Å². The highest BCUT2D eigenvalue weighted by Crippen LogP contribution is 2.22. The van der Waals surface area contributed by atoms with Crippen LogP contribution in [0.15, 0.2) is 47.8 Å². The summed E-state index contributed by atoms with van der Waals surface area (Å²) in [6.07, 6.45) is 1.65. The van der Waals surface area contributed by atoms with Crippen molar-refractivity contribution in [3.8, 4) is 11.4 Å². The third-order valence-electron chi connectivity index (χ3n) is 4.20.